The Hall–Kier alpha value is -1.12. The van der Waals surface area contributed by atoms with Crippen LogP contribution in [-0.2, 0) is 0 Å². The maximum atomic E-state index is 10.0. The fourth-order valence-corrected chi connectivity index (χ4v) is 0.282. The average Bonchev–Trinajstić information content (AvgIpc) is 1.69. The molecule has 0 aliphatic rings. The Morgan fingerprint density at radius 2 is 2.57 bits per heavy atom. The highest BCUT2D eigenvalue weighted by Crippen LogP contribution is 1.65. The summed E-state index contributed by atoms with van der Waals surface area (Å²) in [7, 11) is 0. The molecule has 1 aromatic heterocycles. The molecule has 0 saturated heterocycles. The van der Waals surface area contributed by atoms with E-state index in [1.54, 1.807) is 6.07 Å². The zero-order chi connectivity index (χ0) is 5.11. The van der Waals surface area contributed by atoms with Crippen LogP contribution in [0.3, 0.4) is 0 Å². The molecule has 0 unspecified atom stereocenters. The molecule has 0 atom stereocenters. The molecule has 1 rings (SSSR count). The minimum atomic E-state index is 0.444. The fourth-order valence-electron chi connectivity index (χ4n) is 0.282. The van der Waals surface area contributed by atoms with Gasteiger partial charge in [0.25, 0.3) is 0 Å². The van der Waals surface area contributed by atoms with Gasteiger partial charge in [-0.25, -0.2) is 0 Å². The Kier molecular flexibility index (Phi) is 0.898. The van der Waals surface area contributed by atoms with Crippen molar-refractivity contribution in [3.8, 4) is 0 Å². The molecular formula is C4H3N2O. The molecule has 0 aliphatic carbocycles. The van der Waals surface area contributed by atoms with E-state index in [0.717, 1.165) is 0 Å². The van der Waals surface area contributed by atoms with Gasteiger partial charge in [0.2, 0.25) is 6.20 Å². The van der Waals surface area contributed by atoms with Gasteiger partial charge in [-0.05, 0) is 6.07 Å². The van der Waals surface area contributed by atoms with E-state index in [1.165, 1.54) is 12.4 Å². The molecule has 3 nitrogen and oxygen atoms in total. The van der Waals surface area contributed by atoms with Crippen molar-refractivity contribution in [2.45, 2.75) is 0 Å². The zero-order valence-electron chi connectivity index (χ0n) is 3.53. The quantitative estimate of drug-likeness (QED) is 0.322. The average molecular weight is 95.1 g/mol. The van der Waals surface area contributed by atoms with Gasteiger partial charge >= 0.3 is 0 Å². The minimum absolute atomic E-state index is 0.444. The maximum Gasteiger partial charge on any atom is 0.217 e. The number of nitrogens with zero attached hydrogens (tertiary/aromatic N) is 2. The Labute approximate surface area is 40.8 Å². The topological polar surface area (TPSA) is 39.8 Å². The summed E-state index contributed by atoms with van der Waals surface area (Å²) < 4.78 is 0. The predicted octanol–water partition coefficient (Wildman–Crippen LogP) is -0.485. The molecule has 0 N–H and O–H groups in total. The number of rotatable bonds is 0. The van der Waals surface area contributed by atoms with Crippen LogP contribution < -0.4 is 4.85 Å². The van der Waals surface area contributed by atoms with Crippen molar-refractivity contribution in [3.05, 3.63) is 29.7 Å². The molecular weight excluding hydrogens is 92.1 g/mol. The summed E-state index contributed by atoms with van der Waals surface area (Å²) in [6.45, 7) is 0. The predicted molar refractivity (Wildman–Crippen MR) is 22.0 cm³/mol. The van der Waals surface area contributed by atoms with Gasteiger partial charge in [0.05, 0.1) is 12.3 Å². The summed E-state index contributed by atoms with van der Waals surface area (Å²) in [5, 5.41) is 13.4. The van der Waals surface area contributed by atoms with Crippen LogP contribution >= 0.6 is 0 Å². The zero-order valence-corrected chi connectivity index (χ0v) is 3.53. The first-order chi connectivity index (χ1) is 3.39. The van der Waals surface area contributed by atoms with Gasteiger partial charge in [-0.1, -0.05) is 4.85 Å². The third-order valence-electron chi connectivity index (χ3n) is 0.536. The van der Waals surface area contributed by atoms with Crippen LogP contribution in [0, 0.1) is 11.3 Å². The first kappa shape index (κ1) is 4.05. The number of hydrogen-bond donors (Lipinski definition) is 0. The molecule has 1 aromatic rings. The largest absolute Gasteiger partial charge is 0.594 e. The highest BCUT2D eigenvalue weighted by atomic mass is 16.5. The lowest BCUT2D eigenvalue weighted by Gasteiger charge is -1.83. The monoisotopic (exact) mass is 95.0 g/mol. The van der Waals surface area contributed by atoms with Crippen molar-refractivity contribution in [1.82, 2.24) is 5.10 Å². The lowest BCUT2D eigenvalue weighted by molar-refractivity contribution is -0.669. The van der Waals surface area contributed by atoms with Gasteiger partial charge in [-0.15, -0.1) is 0 Å². The van der Waals surface area contributed by atoms with Gasteiger partial charge in [0.1, 0.15) is 0 Å². The Bertz CT molecular complexity index is 140. The van der Waals surface area contributed by atoms with E-state index in [2.05, 4.69) is 11.2 Å². The normalized spacial score (nSPS) is 8.57. The summed E-state index contributed by atoms with van der Waals surface area (Å²) in [6.07, 6.45) is 2.59. The van der Waals surface area contributed by atoms with E-state index >= 15 is 0 Å². The van der Waals surface area contributed by atoms with Crippen LogP contribution in [0.4, 0.5) is 0 Å². The Morgan fingerprint density at radius 3 is 2.86 bits per heavy atom. The van der Waals surface area contributed by atoms with Gasteiger partial charge in [-0.2, -0.15) is 0 Å². The van der Waals surface area contributed by atoms with E-state index in [9.17, 15) is 5.21 Å². The first-order valence-corrected chi connectivity index (χ1v) is 1.81. The molecule has 0 aromatic carbocycles. The third kappa shape index (κ3) is 0.855. The standard InChI is InChI=1S/C4H3N2O/c7-6-4-2-1-3-5-6/h1,3-4H. The smallest absolute Gasteiger partial charge is 0.217 e. The van der Waals surface area contributed by atoms with E-state index in [4.69, 9.17) is 0 Å². The number of aromatic nitrogens is 2. The summed E-state index contributed by atoms with van der Waals surface area (Å²) in [5.41, 5.74) is 0. The molecule has 0 aliphatic heterocycles. The molecule has 35 valence electrons. The molecule has 1 radical (unpaired) electrons. The van der Waals surface area contributed by atoms with E-state index < -0.39 is 0 Å². The lowest BCUT2D eigenvalue weighted by atomic mass is 10.6. The fraction of sp³-hybridized carbons (Fsp3) is 0. The van der Waals surface area contributed by atoms with E-state index in [0.29, 0.717) is 4.85 Å². The molecule has 0 saturated carbocycles. The van der Waals surface area contributed by atoms with Crippen LogP contribution in [0.2, 0.25) is 0 Å². The molecule has 0 spiro atoms. The van der Waals surface area contributed by atoms with Gasteiger partial charge in [0, 0.05) is 5.10 Å². The van der Waals surface area contributed by atoms with Crippen molar-refractivity contribution in [3.63, 3.8) is 0 Å². The van der Waals surface area contributed by atoms with E-state index in [-0.39, 0.29) is 0 Å². The van der Waals surface area contributed by atoms with Crippen molar-refractivity contribution in [1.29, 1.82) is 0 Å². The van der Waals surface area contributed by atoms with Crippen molar-refractivity contribution in [2.24, 2.45) is 0 Å². The maximum absolute atomic E-state index is 10.0. The van der Waals surface area contributed by atoms with Crippen LogP contribution in [-0.4, -0.2) is 5.10 Å². The van der Waals surface area contributed by atoms with E-state index in [1.807, 2.05) is 0 Å². The lowest BCUT2D eigenvalue weighted by Crippen LogP contribution is -2.28. The summed E-state index contributed by atoms with van der Waals surface area (Å²) in [6, 6.07) is 4.11. The van der Waals surface area contributed by atoms with Gasteiger partial charge < -0.3 is 5.21 Å². The highest BCUT2D eigenvalue weighted by Gasteiger charge is 1.77. The van der Waals surface area contributed by atoms with Crippen LogP contribution in [0.1, 0.15) is 0 Å². The molecule has 3 heteroatoms. The number of hydrogen-bond acceptors (Lipinski definition) is 2. The summed E-state index contributed by atoms with van der Waals surface area (Å²) in [4.78, 5) is 0.444. The van der Waals surface area contributed by atoms with Crippen molar-refractivity contribution < 1.29 is 4.85 Å². The van der Waals surface area contributed by atoms with Crippen LogP contribution in [0.15, 0.2) is 18.5 Å². The van der Waals surface area contributed by atoms with Crippen molar-refractivity contribution >= 4 is 0 Å². The minimum Gasteiger partial charge on any atom is -0.594 e. The molecule has 0 amide bonds. The third-order valence-corrected chi connectivity index (χ3v) is 0.536. The second-order valence-corrected chi connectivity index (χ2v) is 1.03. The summed E-state index contributed by atoms with van der Waals surface area (Å²) in [5.74, 6) is 0. The highest BCUT2D eigenvalue weighted by molar-refractivity contribution is 4.73. The molecule has 1 heterocycles. The van der Waals surface area contributed by atoms with Crippen LogP contribution in [0.5, 0.6) is 0 Å². The van der Waals surface area contributed by atoms with Crippen LogP contribution in [0.25, 0.3) is 0 Å². The SMILES string of the molecule is [O-][n+]1c[c]ccn1. The first-order valence-electron chi connectivity index (χ1n) is 1.81. The van der Waals surface area contributed by atoms with Gasteiger partial charge in [0.15, 0.2) is 0 Å². The second-order valence-electron chi connectivity index (χ2n) is 1.03. The Balaban J connectivity index is 3.02. The summed E-state index contributed by atoms with van der Waals surface area (Å²) >= 11 is 0. The molecule has 0 bridgehead atoms. The Morgan fingerprint density at radius 1 is 1.71 bits per heavy atom. The molecule has 0 fully saturated rings. The molecule has 7 heavy (non-hydrogen) atoms. The van der Waals surface area contributed by atoms with Crippen molar-refractivity contribution in [2.75, 3.05) is 0 Å². The second kappa shape index (κ2) is 1.55. The van der Waals surface area contributed by atoms with Gasteiger partial charge in [-0.3, -0.25) is 0 Å².